The van der Waals surface area contributed by atoms with Gasteiger partial charge in [0.25, 0.3) is 0 Å². The summed E-state index contributed by atoms with van der Waals surface area (Å²) in [7, 11) is 0. The zero-order valence-electron chi connectivity index (χ0n) is 19.7. The molecule has 182 valence electrons. The minimum atomic E-state index is -0.559. The van der Waals surface area contributed by atoms with Crippen molar-refractivity contribution < 1.29 is 9.13 Å². The van der Waals surface area contributed by atoms with Gasteiger partial charge < -0.3 is 15.4 Å². The number of anilines is 4. The number of nitrogens with one attached hydrogen (secondary N) is 2. The van der Waals surface area contributed by atoms with Crippen LogP contribution in [-0.4, -0.2) is 21.6 Å². The Morgan fingerprint density at radius 2 is 1.92 bits per heavy atom. The first kappa shape index (κ1) is 23.8. The molecule has 4 aromatic rings. The molecule has 7 nitrogen and oxygen atoms in total. The Morgan fingerprint density at radius 1 is 1.08 bits per heavy atom. The van der Waals surface area contributed by atoms with Crippen molar-refractivity contribution in [3.63, 3.8) is 0 Å². The summed E-state index contributed by atoms with van der Waals surface area (Å²) in [6.07, 6.45) is 6.81. The third kappa shape index (κ3) is 4.50. The van der Waals surface area contributed by atoms with Crippen LogP contribution >= 0.6 is 11.6 Å². The number of pyridine rings is 1. The van der Waals surface area contributed by atoms with Crippen molar-refractivity contribution in [2.24, 2.45) is 0 Å². The van der Waals surface area contributed by atoms with Gasteiger partial charge in [-0.1, -0.05) is 30.5 Å². The van der Waals surface area contributed by atoms with Gasteiger partial charge in [0.1, 0.15) is 29.5 Å². The lowest BCUT2D eigenvalue weighted by Gasteiger charge is -2.24. The summed E-state index contributed by atoms with van der Waals surface area (Å²) in [4.78, 5) is 13.4. The standard InChI is InChI=1S/C27H24ClFN6O/c1-2-36-24-14-22-18(25(33-16-32-22)34-17-7-8-21(29)20(28)12-17)13-23(24)35-26-19(6-5-11-31-26)27(15-30)9-3-4-10-27/h5-8,11-14,16H,2-4,9-10H2,1H3,(H,31,35)(H,32,33,34). The molecular formula is C27H24ClFN6O. The molecule has 1 aliphatic rings. The van der Waals surface area contributed by atoms with E-state index in [0.717, 1.165) is 36.6 Å². The number of nitriles is 1. The summed E-state index contributed by atoms with van der Waals surface area (Å²) in [5.41, 5.74) is 2.26. The average Bonchev–Trinajstić information content (AvgIpc) is 3.38. The maximum absolute atomic E-state index is 13.6. The Morgan fingerprint density at radius 3 is 2.67 bits per heavy atom. The van der Waals surface area contributed by atoms with E-state index in [9.17, 15) is 9.65 Å². The molecule has 0 unspecified atom stereocenters. The highest BCUT2D eigenvalue weighted by Crippen LogP contribution is 2.44. The van der Waals surface area contributed by atoms with Crippen LogP contribution in [0.1, 0.15) is 38.2 Å². The molecule has 0 amide bonds. The van der Waals surface area contributed by atoms with Gasteiger partial charge in [-0.25, -0.2) is 19.3 Å². The molecule has 2 heterocycles. The summed E-state index contributed by atoms with van der Waals surface area (Å²) >= 11 is 5.96. The highest BCUT2D eigenvalue weighted by Gasteiger charge is 2.38. The Balaban J connectivity index is 1.58. The van der Waals surface area contributed by atoms with Gasteiger partial charge in [-0.05, 0) is 50.1 Å². The Labute approximate surface area is 213 Å². The van der Waals surface area contributed by atoms with E-state index in [1.807, 2.05) is 31.2 Å². The van der Waals surface area contributed by atoms with Crippen LogP contribution in [0.4, 0.5) is 27.4 Å². The Hall–Kier alpha value is -3.96. The van der Waals surface area contributed by atoms with Crippen molar-refractivity contribution in [1.82, 2.24) is 15.0 Å². The summed E-state index contributed by atoms with van der Waals surface area (Å²) in [6, 6.07) is 14.5. The normalized spacial score (nSPS) is 14.4. The number of fused-ring (bicyclic) bond motifs is 1. The van der Waals surface area contributed by atoms with Gasteiger partial charge >= 0.3 is 0 Å². The number of halogens is 2. The third-order valence-corrected chi connectivity index (χ3v) is 6.76. The molecule has 0 radical (unpaired) electrons. The van der Waals surface area contributed by atoms with Gasteiger partial charge in [0.15, 0.2) is 0 Å². The van der Waals surface area contributed by atoms with Gasteiger partial charge in [-0.15, -0.1) is 0 Å². The quantitative estimate of drug-likeness (QED) is 0.280. The van der Waals surface area contributed by atoms with Gasteiger partial charge in [0.05, 0.1) is 34.3 Å². The first-order chi connectivity index (χ1) is 17.5. The molecule has 0 bridgehead atoms. The maximum Gasteiger partial charge on any atom is 0.144 e. The van der Waals surface area contributed by atoms with Crippen LogP contribution in [0.15, 0.2) is 55.0 Å². The largest absolute Gasteiger partial charge is 0.492 e. The lowest BCUT2D eigenvalue weighted by atomic mass is 9.80. The van der Waals surface area contributed by atoms with Crippen molar-refractivity contribution in [3.8, 4) is 11.8 Å². The predicted octanol–water partition coefficient (Wildman–Crippen LogP) is 7.04. The minimum absolute atomic E-state index is 0.0142. The molecule has 1 saturated carbocycles. The van der Waals surface area contributed by atoms with E-state index in [1.54, 1.807) is 12.3 Å². The van der Waals surface area contributed by atoms with E-state index in [1.165, 1.54) is 18.5 Å². The predicted molar refractivity (Wildman–Crippen MR) is 139 cm³/mol. The van der Waals surface area contributed by atoms with E-state index in [0.29, 0.717) is 40.9 Å². The zero-order chi connectivity index (χ0) is 25.1. The number of hydrogen-bond acceptors (Lipinski definition) is 7. The topological polar surface area (TPSA) is 95.8 Å². The first-order valence-corrected chi connectivity index (χ1v) is 12.2. The van der Waals surface area contributed by atoms with E-state index in [2.05, 4.69) is 31.7 Å². The smallest absolute Gasteiger partial charge is 0.144 e. The van der Waals surface area contributed by atoms with Crippen LogP contribution in [0.2, 0.25) is 5.02 Å². The number of nitrogens with zero attached hydrogens (tertiary/aromatic N) is 4. The fraction of sp³-hybridized carbons (Fsp3) is 0.259. The Kier molecular flexibility index (Phi) is 6.57. The maximum atomic E-state index is 13.6. The van der Waals surface area contributed by atoms with Crippen LogP contribution in [0.3, 0.4) is 0 Å². The van der Waals surface area contributed by atoms with Crippen LogP contribution in [0.25, 0.3) is 10.9 Å². The number of aromatic nitrogens is 3. The average molecular weight is 503 g/mol. The van der Waals surface area contributed by atoms with E-state index in [4.69, 9.17) is 16.3 Å². The summed E-state index contributed by atoms with van der Waals surface area (Å²) in [5.74, 6) is 1.26. The van der Waals surface area contributed by atoms with Gasteiger partial charge in [-0.3, -0.25) is 0 Å². The van der Waals surface area contributed by atoms with E-state index >= 15 is 0 Å². The number of benzene rings is 2. The molecule has 9 heteroatoms. The van der Waals surface area contributed by atoms with Crippen molar-refractivity contribution in [2.45, 2.75) is 38.0 Å². The van der Waals surface area contributed by atoms with Gasteiger partial charge in [0, 0.05) is 28.9 Å². The molecular weight excluding hydrogens is 479 g/mol. The van der Waals surface area contributed by atoms with Gasteiger partial charge in [0.2, 0.25) is 0 Å². The minimum Gasteiger partial charge on any atom is -0.492 e. The van der Waals surface area contributed by atoms with E-state index in [-0.39, 0.29) is 5.02 Å². The number of rotatable bonds is 7. The van der Waals surface area contributed by atoms with E-state index < -0.39 is 11.2 Å². The zero-order valence-corrected chi connectivity index (χ0v) is 20.4. The lowest BCUT2D eigenvalue weighted by molar-refractivity contribution is 0.342. The third-order valence-electron chi connectivity index (χ3n) is 6.47. The summed E-state index contributed by atoms with van der Waals surface area (Å²) < 4.78 is 19.6. The summed E-state index contributed by atoms with van der Waals surface area (Å²) in [6.45, 7) is 2.37. The highest BCUT2D eigenvalue weighted by molar-refractivity contribution is 6.31. The van der Waals surface area contributed by atoms with Crippen molar-refractivity contribution in [1.29, 1.82) is 5.26 Å². The fourth-order valence-corrected chi connectivity index (χ4v) is 4.89. The molecule has 0 aliphatic heterocycles. The SMILES string of the molecule is CCOc1cc2ncnc(Nc3ccc(F)c(Cl)c3)c2cc1Nc1ncccc1C1(C#N)CCCC1. The second kappa shape index (κ2) is 9.96. The van der Waals surface area contributed by atoms with Crippen LogP contribution in [0.5, 0.6) is 5.75 Å². The van der Waals surface area contributed by atoms with Crippen LogP contribution in [-0.2, 0) is 5.41 Å². The highest BCUT2D eigenvalue weighted by atomic mass is 35.5. The monoisotopic (exact) mass is 502 g/mol. The first-order valence-electron chi connectivity index (χ1n) is 11.8. The molecule has 0 saturated heterocycles. The molecule has 1 fully saturated rings. The molecule has 1 aliphatic carbocycles. The van der Waals surface area contributed by atoms with Crippen molar-refractivity contribution in [2.75, 3.05) is 17.2 Å². The summed E-state index contributed by atoms with van der Waals surface area (Å²) in [5, 5.41) is 17.4. The number of hydrogen-bond donors (Lipinski definition) is 2. The second-order valence-electron chi connectivity index (χ2n) is 8.70. The van der Waals surface area contributed by atoms with Crippen LogP contribution in [0, 0.1) is 17.1 Å². The molecule has 0 spiro atoms. The molecule has 2 aromatic heterocycles. The number of ether oxygens (including phenoxy) is 1. The lowest BCUT2D eigenvalue weighted by Crippen LogP contribution is -2.21. The Bertz CT molecular complexity index is 1460. The fourth-order valence-electron chi connectivity index (χ4n) is 4.71. The molecule has 2 N–H and O–H groups in total. The second-order valence-corrected chi connectivity index (χ2v) is 9.11. The molecule has 5 rings (SSSR count). The van der Waals surface area contributed by atoms with Gasteiger partial charge in [-0.2, -0.15) is 5.26 Å². The van der Waals surface area contributed by atoms with Crippen molar-refractivity contribution in [3.05, 3.63) is 71.4 Å². The van der Waals surface area contributed by atoms with Crippen molar-refractivity contribution >= 4 is 45.5 Å². The molecule has 2 aromatic carbocycles. The molecule has 36 heavy (non-hydrogen) atoms. The van der Waals surface area contributed by atoms with Crippen LogP contribution < -0.4 is 15.4 Å². The molecule has 0 atom stereocenters.